The fraction of sp³-hybridized carbons (Fsp3) is 0.538. The summed E-state index contributed by atoms with van der Waals surface area (Å²) in [4.78, 5) is 0. The van der Waals surface area contributed by atoms with Gasteiger partial charge in [0.05, 0.1) is 0 Å². The number of benzene rings is 1. The van der Waals surface area contributed by atoms with E-state index in [9.17, 15) is 0 Å². The van der Waals surface area contributed by atoms with Crippen LogP contribution in [0.5, 0.6) is 0 Å². The second-order valence-corrected chi connectivity index (χ2v) is 4.61. The van der Waals surface area contributed by atoms with Gasteiger partial charge >= 0.3 is 0 Å². The third-order valence-corrected chi connectivity index (χ3v) is 3.86. The van der Waals surface area contributed by atoms with E-state index in [1.807, 2.05) is 0 Å². The molecule has 1 saturated heterocycles. The molecule has 2 aliphatic rings. The van der Waals surface area contributed by atoms with Crippen molar-refractivity contribution in [3.8, 4) is 0 Å². The molecule has 1 nitrogen and oxygen atoms in total. The van der Waals surface area contributed by atoms with E-state index in [-0.39, 0.29) is 0 Å². The van der Waals surface area contributed by atoms with Crippen LogP contribution in [0.2, 0.25) is 0 Å². The largest absolute Gasteiger partial charge is 0.316 e. The minimum Gasteiger partial charge on any atom is -0.316 e. The molecule has 0 bridgehead atoms. The van der Waals surface area contributed by atoms with Crippen molar-refractivity contribution in [3.05, 3.63) is 35.4 Å². The van der Waals surface area contributed by atoms with E-state index in [1.165, 1.54) is 18.7 Å². The number of hydrogen-bond donors (Lipinski definition) is 1. The van der Waals surface area contributed by atoms with E-state index in [4.69, 9.17) is 0 Å². The summed E-state index contributed by atoms with van der Waals surface area (Å²) in [5.41, 5.74) is 3.02. The van der Waals surface area contributed by atoms with Gasteiger partial charge in [-0.3, -0.25) is 0 Å². The van der Waals surface area contributed by atoms with Crippen LogP contribution >= 0.6 is 0 Å². The summed E-state index contributed by atoms with van der Waals surface area (Å²) in [5, 5.41) is 3.44. The Morgan fingerprint density at radius 2 is 1.79 bits per heavy atom. The third-order valence-electron chi connectivity index (χ3n) is 3.86. The molecule has 1 N–H and O–H groups in total. The molecule has 1 heterocycles. The molecule has 1 aromatic rings. The van der Waals surface area contributed by atoms with Crippen molar-refractivity contribution in [2.24, 2.45) is 11.8 Å². The summed E-state index contributed by atoms with van der Waals surface area (Å²) in [6.45, 7) is 4.69. The second-order valence-electron chi connectivity index (χ2n) is 4.61. The third kappa shape index (κ3) is 1.19. The lowest BCUT2D eigenvalue weighted by molar-refractivity contribution is 0.684. The highest BCUT2D eigenvalue weighted by Crippen LogP contribution is 2.55. The van der Waals surface area contributed by atoms with Gasteiger partial charge in [-0.25, -0.2) is 0 Å². The van der Waals surface area contributed by atoms with Crippen LogP contribution in [0.3, 0.4) is 0 Å². The predicted octanol–water partition coefficient (Wildman–Crippen LogP) is 2.18. The van der Waals surface area contributed by atoms with Gasteiger partial charge in [0.15, 0.2) is 0 Å². The van der Waals surface area contributed by atoms with Crippen molar-refractivity contribution in [2.75, 3.05) is 13.1 Å². The molecule has 1 heteroatoms. The average Bonchev–Trinajstić information content (AvgIpc) is 2.72. The Balaban J connectivity index is 1.78. The Morgan fingerprint density at radius 1 is 1.14 bits per heavy atom. The molecule has 3 rings (SSSR count). The Bertz CT molecular complexity index is 318. The molecule has 0 amide bonds. The van der Waals surface area contributed by atoms with E-state index in [0.29, 0.717) is 0 Å². The average molecular weight is 187 g/mol. The first kappa shape index (κ1) is 8.49. The summed E-state index contributed by atoms with van der Waals surface area (Å²) >= 11 is 0. The van der Waals surface area contributed by atoms with Gasteiger partial charge in [-0.15, -0.1) is 0 Å². The minimum absolute atomic E-state index is 0.877. The molecular weight excluding hydrogens is 170 g/mol. The monoisotopic (exact) mass is 187 g/mol. The summed E-state index contributed by atoms with van der Waals surface area (Å²) < 4.78 is 0. The maximum absolute atomic E-state index is 3.44. The smallest absolute Gasteiger partial charge is 0.00111 e. The van der Waals surface area contributed by atoms with Crippen molar-refractivity contribution < 1.29 is 0 Å². The Labute approximate surface area is 85.5 Å². The van der Waals surface area contributed by atoms with Gasteiger partial charge in [0.2, 0.25) is 0 Å². The maximum atomic E-state index is 3.44. The predicted molar refractivity (Wildman–Crippen MR) is 58.4 cm³/mol. The number of hydrogen-bond acceptors (Lipinski definition) is 1. The Morgan fingerprint density at radius 3 is 2.36 bits per heavy atom. The maximum Gasteiger partial charge on any atom is -0.00111 e. The number of piperidine rings is 1. The molecular formula is C13H17N. The van der Waals surface area contributed by atoms with Crippen LogP contribution in [0, 0.1) is 11.8 Å². The molecule has 1 saturated carbocycles. The van der Waals surface area contributed by atoms with Crippen LogP contribution in [0.1, 0.15) is 24.0 Å². The zero-order valence-electron chi connectivity index (χ0n) is 8.66. The van der Waals surface area contributed by atoms with E-state index in [2.05, 4.69) is 36.5 Å². The summed E-state index contributed by atoms with van der Waals surface area (Å²) in [5.74, 6) is 2.77. The molecule has 0 unspecified atom stereocenters. The fourth-order valence-corrected chi connectivity index (χ4v) is 2.89. The normalized spacial score (nSPS) is 34.2. The molecule has 0 radical (unpaired) electrons. The first-order chi connectivity index (χ1) is 6.90. The van der Waals surface area contributed by atoms with E-state index in [1.54, 1.807) is 5.56 Å². The lowest BCUT2D eigenvalue weighted by atomic mass is 10.0. The SMILES string of the molecule is CCc1ccc([C@H]2[C@@H]3CNC[C@@H]32)cc1. The molecule has 74 valence electrons. The van der Waals surface area contributed by atoms with Crippen molar-refractivity contribution >= 4 is 0 Å². The van der Waals surface area contributed by atoms with E-state index in [0.717, 1.165) is 24.2 Å². The zero-order valence-corrected chi connectivity index (χ0v) is 8.66. The van der Waals surface area contributed by atoms with Crippen molar-refractivity contribution in [3.63, 3.8) is 0 Å². The first-order valence-corrected chi connectivity index (χ1v) is 5.69. The molecule has 3 atom stereocenters. The standard InChI is InChI=1S/C13H17N/c1-2-9-3-5-10(6-4-9)13-11-7-14-8-12(11)13/h3-6,11-14H,2,7-8H2,1H3/t11-,12+,13+. The van der Waals surface area contributed by atoms with Gasteiger partial charge in [-0.1, -0.05) is 31.2 Å². The topological polar surface area (TPSA) is 12.0 Å². The molecule has 0 aromatic heterocycles. The summed E-state index contributed by atoms with van der Waals surface area (Å²) in [7, 11) is 0. The van der Waals surface area contributed by atoms with Gasteiger partial charge in [0.25, 0.3) is 0 Å². The van der Waals surface area contributed by atoms with Crippen LogP contribution in [-0.4, -0.2) is 13.1 Å². The molecule has 1 aromatic carbocycles. The minimum atomic E-state index is 0.877. The van der Waals surface area contributed by atoms with E-state index >= 15 is 0 Å². The Kier molecular flexibility index (Phi) is 1.88. The number of nitrogens with one attached hydrogen (secondary N) is 1. The van der Waals surface area contributed by atoms with Gasteiger partial charge in [0, 0.05) is 0 Å². The fourth-order valence-electron chi connectivity index (χ4n) is 2.89. The lowest BCUT2D eigenvalue weighted by Gasteiger charge is -2.05. The molecule has 2 fully saturated rings. The number of fused-ring (bicyclic) bond motifs is 1. The van der Waals surface area contributed by atoms with E-state index < -0.39 is 0 Å². The summed E-state index contributed by atoms with van der Waals surface area (Å²) in [6.07, 6.45) is 1.15. The van der Waals surface area contributed by atoms with Gasteiger partial charge in [-0.05, 0) is 48.4 Å². The zero-order chi connectivity index (χ0) is 9.54. The Hall–Kier alpha value is -0.820. The molecule has 0 spiro atoms. The van der Waals surface area contributed by atoms with Gasteiger partial charge < -0.3 is 5.32 Å². The summed E-state index contributed by atoms with van der Waals surface area (Å²) in [6, 6.07) is 9.25. The highest BCUT2D eigenvalue weighted by atomic mass is 15.0. The number of aryl methyl sites for hydroxylation is 1. The van der Waals surface area contributed by atoms with Crippen LogP contribution in [-0.2, 0) is 6.42 Å². The second kappa shape index (κ2) is 3.09. The van der Waals surface area contributed by atoms with Crippen LogP contribution < -0.4 is 5.32 Å². The molecule has 1 aliphatic carbocycles. The highest BCUT2D eigenvalue weighted by Gasteiger charge is 2.53. The van der Waals surface area contributed by atoms with Crippen molar-refractivity contribution in [1.82, 2.24) is 5.32 Å². The van der Waals surface area contributed by atoms with Gasteiger partial charge in [0.1, 0.15) is 0 Å². The first-order valence-electron chi connectivity index (χ1n) is 5.69. The molecule has 1 aliphatic heterocycles. The highest BCUT2D eigenvalue weighted by molar-refractivity contribution is 5.32. The number of rotatable bonds is 2. The van der Waals surface area contributed by atoms with Crippen molar-refractivity contribution in [2.45, 2.75) is 19.3 Å². The molecule has 14 heavy (non-hydrogen) atoms. The van der Waals surface area contributed by atoms with Crippen LogP contribution in [0.4, 0.5) is 0 Å². The van der Waals surface area contributed by atoms with Crippen LogP contribution in [0.25, 0.3) is 0 Å². The van der Waals surface area contributed by atoms with Crippen molar-refractivity contribution in [1.29, 1.82) is 0 Å². The van der Waals surface area contributed by atoms with Crippen LogP contribution in [0.15, 0.2) is 24.3 Å². The lowest BCUT2D eigenvalue weighted by Crippen LogP contribution is -2.13. The van der Waals surface area contributed by atoms with Gasteiger partial charge in [-0.2, -0.15) is 0 Å². The quantitative estimate of drug-likeness (QED) is 0.748.